The normalized spacial score (nSPS) is 11.9. The third kappa shape index (κ3) is 3.87. The van der Waals surface area contributed by atoms with E-state index in [9.17, 15) is 17.2 Å². The molecule has 0 amide bonds. The minimum atomic E-state index is -4.62. The molecule has 2 aromatic rings. The van der Waals surface area contributed by atoms with Crippen LogP contribution in [-0.2, 0) is 16.3 Å². The van der Waals surface area contributed by atoms with Gasteiger partial charge in [-0.05, 0) is 38.8 Å². The van der Waals surface area contributed by atoms with Gasteiger partial charge < -0.3 is 9.84 Å². The molecule has 0 unspecified atom stereocenters. The van der Waals surface area contributed by atoms with Gasteiger partial charge in [0, 0.05) is 12.1 Å². The van der Waals surface area contributed by atoms with E-state index in [0.29, 0.717) is 19.4 Å². The van der Waals surface area contributed by atoms with E-state index in [2.05, 4.69) is 10.5 Å². The molecule has 0 atom stereocenters. The summed E-state index contributed by atoms with van der Waals surface area (Å²) in [4.78, 5) is -0.382. The largest absolute Gasteiger partial charge is 0.384 e. The van der Waals surface area contributed by atoms with Crippen LogP contribution >= 0.6 is 0 Å². The van der Waals surface area contributed by atoms with Crippen LogP contribution in [-0.4, -0.2) is 25.9 Å². The number of rotatable bonds is 7. The number of para-hydroxylation sites is 1. The monoisotopic (exact) mass is 344 g/mol. The predicted molar refractivity (Wildman–Crippen MR) is 82.4 cm³/mol. The highest BCUT2D eigenvalue weighted by Gasteiger charge is 2.28. The molecule has 0 saturated heterocycles. The lowest BCUT2D eigenvalue weighted by atomic mass is 10.1. The Morgan fingerprint density at radius 3 is 2.57 bits per heavy atom. The smallest absolute Gasteiger partial charge is 0.341 e. The summed E-state index contributed by atoms with van der Waals surface area (Å²) in [5.41, 5.74) is 2.02. The van der Waals surface area contributed by atoms with Crippen molar-refractivity contribution in [1.29, 1.82) is 0 Å². The maximum Gasteiger partial charge on any atom is 0.341 e. The number of benzene rings is 1. The van der Waals surface area contributed by atoms with Crippen LogP contribution in [0.3, 0.4) is 0 Å². The summed E-state index contributed by atoms with van der Waals surface area (Å²) in [6.45, 7) is 4.12. The molecule has 0 saturated carbocycles. The average Bonchev–Trinajstić information content (AvgIpc) is 2.83. The zero-order chi connectivity index (χ0) is 17.0. The van der Waals surface area contributed by atoms with Crippen LogP contribution in [0.2, 0.25) is 0 Å². The van der Waals surface area contributed by atoms with E-state index in [4.69, 9.17) is 4.52 Å². The molecular formula is C15H18F2N2O3S. The van der Waals surface area contributed by atoms with Gasteiger partial charge in [-0.15, -0.1) is 0 Å². The first kappa shape index (κ1) is 17.4. The summed E-state index contributed by atoms with van der Waals surface area (Å²) in [6, 6.07) is 5.68. The zero-order valence-electron chi connectivity index (χ0n) is 12.8. The van der Waals surface area contributed by atoms with Gasteiger partial charge in [-0.25, -0.2) is 8.42 Å². The molecule has 0 spiro atoms. The molecule has 0 aliphatic carbocycles. The Hall–Kier alpha value is -1.96. The fourth-order valence-corrected chi connectivity index (χ4v) is 3.21. The molecule has 0 aliphatic rings. The van der Waals surface area contributed by atoms with Crippen LogP contribution in [0.4, 0.5) is 14.5 Å². The molecule has 0 bridgehead atoms. The van der Waals surface area contributed by atoms with Crippen molar-refractivity contribution in [1.82, 2.24) is 5.16 Å². The molecule has 1 N–H and O–H groups in total. The third-order valence-electron chi connectivity index (χ3n) is 3.53. The molecule has 0 aliphatic heterocycles. The Morgan fingerprint density at radius 2 is 1.96 bits per heavy atom. The number of alkyl halides is 2. The van der Waals surface area contributed by atoms with E-state index >= 15 is 0 Å². The molecule has 0 fully saturated rings. The van der Waals surface area contributed by atoms with Gasteiger partial charge in [-0.1, -0.05) is 17.3 Å². The van der Waals surface area contributed by atoms with E-state index in [0.717, 1.165) is 17.0 Å². The fraction of sp³-hybridized carbons (Fsp3) is 0.400. The van der Waals surface area contributed by atoms with E-state index in [-0.39, 0.29) is 10.6 Å². The third-order valence-corrected chi connectivity index (χ3v) is 4.97. The standard InChI is InChI=1S/C15H18F2N2O3S/c1-10-12(11(2)22-19-10)6-5-9-18-13-7-3-4-8-14(13)23(20,21)15(16)17/h3-4,7-8,15,18H,5-6,9H2,1-2H3. The van der Waals surface area contributed by atoms with Crippen molar-refractivity contribution in [2.45, 2.75) is 37.3 Å². The molecule has 1 heterocycles. The molecule has 1 aromatic heterocycles. The van der Waals surface area contributed by atoms with Crippen LogP contribution in [0.1, 0.15) is 23.4 Å². The first-order chi connectivity index (χ1) is 10.8. The number of halogens is 2. The topological polar surface area (TPSA) is 72.2 Å². The number of aromatic nitrogens is 1. The second-order valence-corrected chi connectivity index (χ2v) is 7.02. The van der Waals surface area contributed by atoms with Crippen LogP contribution in [0.25, 0.3) is 0 Å². The highest BCUT2D eigenvalue weighted by molar-refractivity contribution is 7.91. The summed E-state index contributed by atoms with van der Waals surface area (Å²) in [6.07, 6.45) is 1.39. The predicted octanol–water partition coefficient (Wildman–Crippen LogP) is 3.33. The number of hydrogen-bond donors (Lipinski definition) is 1. The van der Waals surface area contributed by atoms with Gasteiger partial charge in [-0.2, -0.15) is 8.78 Å². The number of nitrogens with zero attached hydrogens (tertiary/aromatic N) is 1. The lowest BCUT2D eigenvalue weighted by molar-refractivity contribution is 0.235. The molecule has 5 nitrogen and oxygen atoms in total. The zero-order valence-corrected chi connectivity index (χ0v) is 13.7. The minimum absolute atomic E-state index is 0.187. The van der Waals surface area contributed by atoms with Gasteiger partial charge in [0.1, 0.15) is 5.76 Å². The summed E-state index contributed by atoms with van der Waals surface area (Å²) < 4.78 is 53.8. The van der Waals surface area contributed by atoms with Gasteiger partial charge in [0.05, 0.1) is 16.3 Å². The quantitative estimate of drug-likeness (QED) is 0.780. The van der Waals surface area contributed by atoms with Crippen LogP contribution in [0.5, 0.6) is 0 Å². The molecule has 23 heavy (non-hydrogen) atoms. The molecule has 126 valence electrons. The minimum Gasteiger partial charge on any atom is -0.384 e. The lowest BCUT2D eigenvalue weighted by Crippen LogP contribution is -2.14. The van der Waals surface area contributed by atoms with Crippen LogP contribution < -0.4 is 5.32 Å². The molecule has 0 radical (unpaired) electrons. The second kappa shape index (κ2) is 7.08. The van der Waals surface area contributed by atoms with E-state index in [1.54, 1.807) is 6.07 Å². The van der Waals surface area contributed by atoms with Crippen molar-refractivity contribution in [3.05, 3.63) is 41.3 Å². The van der Waals surface area contributed by atoms with Crippen molar-refractivity contribution in [2.75, 3.05) is 11.9 Å². The Kier molecular flexibility index (Phi) is 5.35. The summed E-state index contributed by atoms with van der Waals surface area (Å²) in [5, 5.41) is 6.77. The Labute approximate surface area is 133 Å². The summed E-state index contributed by atoms with van der Waals surface area (Å²) in [5.74, 6) is -2.68. The highest BCUT2D eigenvalue weighted by Crippen LogP contribution is 2.26. The van der Waals surface area contributed by atoms with Gasteiger partial charge in [-0.3, -0.25) is 0 Å². The average molecular weight is 344 g/mol. The Bertz CT molecular complexity index is 753. The highest BCUT2D eigenvalue weighted by atomic mass is 32.2. The number of anilines is 1. The maximum absolute atomic E-state index is 12.7. The first-order valence-corrected chi connectivity index (χ1v) is 8.65. The van der Waals surface area contributed by atoms with Gasteiger partial charge in [0.15, 0.2) is 0 Å². The number of nitrogens with one attached hydrogen (secondary N) is 1. The van der Waals surface area contributed by atoms with Crippen molar-refractivity contribution in [3.63, 3.8) is 0 Å². The Balaban J connectivity index is 2.02. The first-order valence-electron chi connectivity index (χ1n) is 7.10. The van der Waals surface area contributed by atoms with Crippen molar-refractivity contribution in [2.24, 2.45) is 0 Å². The van der Waals surface area contributed by atoms with Crippen molar-refractivity contribution < 1.29 is 21.7 Å². The van der Waals surface area contributed by atoms with E-state index in [1.807, 2.05) is 13.8 Å². The summed E-state index contributed by atoms with van der Waals surface area (Å²) in [7, 11) is -4.62. The van der Waals surface area contributed by atoms with Gasteiger partial charge >= 0.3 is 5.76 Å². The SMILES string of the molecule is Cc1noc(C)c1CCCNc1ccccc1S(=O)(=O)C(F)F. The number of sulfone groups is 1. The molecule has 1 aromatic carbocycles. The van der Waals surface area contributed by atoms with Gasteiger partial charge in [0.2, 0.25) is 9.84 Å². The molecular weight excluding hydrogens is 326 g/mol. The fourth-order valence-electron chi connectivity index (χ4n) is 2.30. The summed E-state index contributed by atoms with van der Waals surface area (Å²) >= 11 is 0. The van der Waals surface area contributed by atoms with Crippen molar-refractivity contribution in [3.8, 4) is 0 Å². The molecule has 2 rings (SSSR count). The van der Waals surface area contributed by atoms with Gasteiger partial charge in [0.25, 0.3) is 0 Å². The van der Waals surface area contributed by atoms with Crippen molar-refractivity contribution >= 4 is 15.5 Å². The Morgan fingerprint density at radius 1 is 1.26 bits per heavy atom. The number of hydrogen-bond acceptors (Lipinski definition) is 5. The van der Waals surface area contributed by atoms with E-state index < -0.39 is 15.6 Å². The second-order valence-electron chi connectivity index (χ2n) is 5.13. The maximum atomic E-state index is 12.7. The van der Waals surface area contributed by atoms with Crippen LogP contribution in [0, 0.1) is 13.8 Å². The number of aryl methyl sites for hydroxylation is 2. The molecule has 8 heteroatoms. The van der Waals surface area contributed by atoms with Crippen LogP contribution in [0.15, 0.2) is 33.7 Å². The van der Waals surface area contributed by atoms with E-state index in [1.165, 1.54) is 18.2 Å². The lowest BCUT2D eigenvalue weighted by Gasteiger charge is -2.12.